The largest absolute Gasteiger partial charge is 0.489 e. The molecule has 1 heterocycles. The molecule has 1 aromatic heterocycles. The summed E-state index contributed by atoms with van der Waals surface area (Å²) in [5.74, 6) is 0.508. The maximum absolute atomic E-state index is 11.4. The van der Waals surface area contributed by atoms with Crippen molar-refractivity contribution in [2.24, 2.45) is 0 Å². The van der Waals surface area contributed by atoms with E-state index in [9.17, 15) is 9.90 Å². The van der Waals surface area contributed by atoms with Crippen LogP contribution in [0.4, 0.5) is 0 Å². The minimum Gasteiger partial charge on any atom is -0.489 e. The molecule has 152 valence electrons. The predicted molar refractivity (Wildman–Crippen MR) is 118 cm³/mol. The van der Waals surface area contributed by atoms with Crippen molar-refractivity contribution in [2.75, 3.05) is 0 Å². The first-order chi connectivity index (χ1) is 14.4. The number of aromatic nitrogens is 2. The van der Waals surface area contributed by atoms with Gasteiger partial charge in [0, 0.05) is 21.7 Å². The molecule has 0 aliphatic heterocycles. The van der Waals surface area contributed by atoms with Gasteiger partial charge in [0.15, 0.2) is 0 Å². The molecule has 0 amide bonds. The van der Waals surface area contributed by atoms with E-state index in [0.717, 1.165) is 22.4 Å². The first-order valence-electron chi connectivity index (χ1n) is 9.27. The topological polar surface area (TPSA) is 64.3 Å². The number of hydrogen-bond acceptors (Lipinski definition) is 3. The molecule has 5 nitrogen and oxygen atoms in total. The average Bonchev–Trinajstić information content (AvgIpc) is 3.03. The van der Waals surface area contributed by atoms with Gasteiger partial charge in [-0.25, -0.2) is 9.78 Å². The number of fused-ring (bicyclic) bond motifs is 1. The number of halogens is 2. The van der Waals surface area contributed by atoms with Gasteiger partial charge in [-0.2, -0.15) is 0 Å². The summed E-state index contributed by atoms with van der Waals surface area (Å²) in [5, 5.41) is 10.5. The van der Waals surface area contributed by atoms with Gasteiger partial charge in [0.25, 0.3) is 0 Å². The summed E-state index contributed by atoms with van der Waals surface area (Å²) < 4.78 is 7.96. The molecule has 3 aromatic carbocycles. The monoisotopic (exact) mass is 440 g/mol. The van der Waals surface area contributed by atoms with Crippen molar-refractivity contribution >= 4 is 40.2 Å². The normalized spacial score (nSPS) is 11.0. The van der Waals surface area contributed by atoms with E-state index in [1.54, 1.807) is 30.3 Å². The zero-order valence-electron chi connectivity index (χ0n) is 16.1. The number of aryl methyl sites for hydroxylation is 1. The summed E-state index contributed by atoms with van der Waals surface area (Å²) in [6.45, 7) is 2.64. The Morgan fingerprint density at radius 1 is 1.07 bits per heavy atom. The highest BCUT2D eigenvalue weighted by molar-refractivity contribution is 6.35. The molecule has 0 unspecified atom stereocenters. The lowest BCUT2D eigenvalue weighted by atomic mass is 10.1. The van der Waals surface area contributed by atoms with Crippen molar-refractivity contribution in [1.82, 2.24) is 9.55 Å². The molecule has 30 heavy (non-hydrogen) atoms. The van der Waals surface area contributed by atoms with E-state index >= 15 is 0 Å². The summed E-state index contributed by atoms with van der Waals surface area (Å²) in [7, 11) is 0. The summed E-state index contributed by atoms with van der Waals surface area (Å²) in [5.41, 5.74) is 3.53. The molecule has 1 N–H and O–H groups in total. The number of carboxylic acid groups (broad SMARTS) is 1. The number of ether oxygens (including phenoxy) is 1. The van der Waals surface area contributed by atoms with Crippen molar-refractivity contribution in [3.05, 3.63) is 93.2 Å². The standard InChI is InChI=1S/C23H18Cl2N2O3/c1-14-26-21-9-8-18(30-13-16-4-2-3-5-19(16)23(28)29)11-22(21)27(14)12-15-6-7-17(24)10-20(15)25/h2-11H,12-13H2,1H3,(H,28,29). The van der Waals surface area contributed by atoms with Crippen molar-refractivity contribution in [3.8, 4) is 5.75 Å². The van der Waals surface area contributed by atoms with Crippen molar-refractivity contribution < 1.29 is 14.6 Å². The molecule has 0 bridgehead atoms. The zero-order valence-corrected chi connectivity index (χ0v) is 17.6. The number of imidazole rings is 1. The van der Waals surface area contributed by atoms with Crippen LogP contribution in [-0.2, 0) is 13.2 Å². The molecule has 0 saturated carbocycles. The summed E-state index contributed by atoms with van der Waals surface area (Å²) in [4.78, 5) is 16.0. The number of benzene rings is 3. The van der Waals surface area contributed by atoms with Crippen molar-refractivity contribution in [2.45, 2.75) is 20.1 Å². The van der Waals surface area contributed by atoms with Crippen molar-refractivity contribution in [3.63, 3.8) is 0 Å². The van der Waals surface area contributed by atoms with Crippen molar-refractivity contribution in [1.29, 1.82) is 0 Å². The van der Waals surface area contributed by atoms with Gasteiger partial charge in [-0.3, -0.25) is 0 Å². The molecular formula is C23H18Cl2N2O3. The van der Waals surface area contributed by atoms with Crippen LogP contribution in [0.2, 0.25) is 10.0 Å². The molecule has 0 atom stereocenters. The second-order valence-electron chi connectivity index (χ2n) is 6.88. The Balaban J connectivity index is 1.62. The average molecular weight is 441 g/mol. The third-order valence-corrected chi connectivity index (χ3v) is 5.48. The van der Waals surface area contributed by atoms with E-state index < -0.39 is 5.97 Å². The minimum absolute atomic E-state index is 0.157. The van der Waals surface area contributed by atoms with Gasteiger partial charge in [0.2, 0.25) is 0 Å². The van der Waals surface area contributed by atoms with Gasteiger partial charge < -0.3 is 14.4 Å². The molecule has 0 aliphatic rings. The highest BCUT2D eigenvalue weighted by atomic mass is 35.5. The third kappa shape index (κ3) is 4.13. The van der Waals surface area contributed by atoms with E-state index in [2.05, 4.69) is 9.55 Å². The van der Waals surface area contributed by atoms with Gasteiger partial charge >= 0.3 is 5.97 Å². The molecule has 0 saturated heterocycles. The number of hydrogen-bond donors (Lipinski definition) is 1. The second-order valence-corrected chi connectivity index (χ2v) is 7.73. The quantitative estimate of drug-likeness (QED) is 0.400. The van der Waals surface area contributed by atoms with Gasteiger partial charge in [-0.05, 0) is 42.8 Å². The van der Waals surface area contributed by atoms with Gasteiger partial charge in [-0.15, -0.1) is 0 Å². The maximum atomic E-state index is 11.4. The van der Waals surface area contributed by atoms with Crippen LogP contribution >= 0.6 is 23.2 Å². The van der Waals surface area contributed by atoms with Crippen LogP contribution in [0.5, 0.6) is 5.75 Å². The fraction of sp³-hybridized carbons (Fsp3) is 0.130. The van der Waals surface area contributed by atoms with Crippen LogP contribution in [-0.4, -0.2) is 20.6 Å². The third-order valence-electron chi connectivity index (χ3n) is 4.90. The first kappa shape index (κ1) is 20.3. The van der Waals surface area contributed by atoms with Gasteiger partial charge in [0.05, 0.1) is 23.1 Å². The van der Waals surface area contributed by atoms with E-state index in [-0.39, 0.29) is 12.2 Å². The molecule has 7 heteroatoms. The summed E-state index contributed by atoms with van der Waals surface area (Å²) >= 11 is 12.4. The van der Waals surface area contributed by atoms with E-state index in [0.29, 0.717) is 27.9 Å². The molecule has 4 aromatic rings. The van der Waals surface area contributed by atoms with Crippen LogP contribution in [0.15, 0.2) is 60.7 Å². The highest BCUT2D eigenvalue weighted by Gasteiger charge is 2.13. The lowest BCUT2D eigenvalue weighted by molar-refractivity contribution is 0.0694. The van der Waals surface area contributed by atoms with E-state index in [1.807, 2.05) is 37.3 Å². The fourth-order valence-electron chi connectivity index (χ4n) is 3.35. The van der Waals surface area contributed by atoms with Crippen LogP contribution in [0, 0.1) is 6.92 Å². The molecule has 0 radical (unpaired) electrons. The Morgan fingerprint density at radius 3 is 2.63 bits per heavy atom. The number of aromatic carboxylic acids is 1. The fourth-order valence-corrected chi connectivity index (χ4v) is 3.82. The Kier molecular flexibility index (Phi) is 5.66. The Bertz CT molecular complexity index is 1250. The minimum atomic E-state index is -0.974. The summed E-state index contributed by atoms with van der Waals surface area (Å²) in [6, 6.07) is 17.9. The molecular weight excluding hydrogens is 423 g/mol. The lowest BCUT2D eigenvalue weighted by Gasteiger charge is -2.11. The summed E-state index contributed by atoms with van der Waals surface area (Å²) in [6.07, 6.45) is 0. The molecule has 0 spiro atoms. The van der Waals surface area contributed by atoms with Gasteiger partial charge in [-0.1, -0.05) is 47.5 Å². The smallest absolute Gasteiger partial charge is 0.336 e. The maximum Gasteiger partial charge on any atom is 0.336 e. The van der Waals surface area contributed by atoms with Crippen LogP contribution in [0.25, 0.3) is 11.0 Å². The van der Waals surface area contributed by atoms with Crippen LogP contribution in [0.3, 0.4) is 0 Å². The van der Waals surface area contributed by atoms with Crippen LogP contribution < -0.4 is 4.74 Å². The predicted octanol–water partition coefficient (Wildman–Crippen LogP) is 5.98. The van der Waals surface area contributed by atoms with Gasteiger partial charge in [0.1, 0.15) is 18.2 Å². The molecule has 0 aliphatic carbocycles. The lowest BCUT2D eigenvalue weighted by Crippen LogP contribution is -2.05. The Labute approximate surface area is 183 Å². The molecule has 4 rings (SSSR count). The zero-order chi connectivity index (χ0) is 21.3. The van der Waals surface area contributed by atoms with Crippen LogP contribution in [0.1, 0.15) is 27.3 Å². The molecule has 0 fully saturated rings. The number of carbonyl (C=O) groups is 1. The second kappa shape index (κ2) is 8.38. The Morgan fingerprint density at radius 2 is 1.87 bits per heavy atom. The number of rotatable bonds is 6. The van der Waals surface area contributed by atoms with E-state index in [4.69, 9.17) is 27.9 Å². The Hall–Kier alpha value is -3.02. The SMILES string of the molecule is Cc1nc2ccc(OCc3ccccc3C(=O)O)cc2n1Cc1ccc(Cl)cc1Cl. The van der Waals surface area contributed by atoms with E-state index in [1.165, 1.54) is 0 Å². The highest BCUT2D eigenvalue weighted by Crippen LogP contribution is 2.27. The number of nitrogens with zero attached hydrogens (tertiary/aromatic N) is 2. The first-order valence-corrected chi connectivity index (χ1v) is 10.0. The number of carboxylic acids is 1.